The molecular weight excluding hydrogens is 411 g/mol. The number of aryl methyl sites for hydroxylation is 2. The predicted molar refractivity (Wildman–Crippen MR) is 109 cm³/mol. The van der Waals surface area contributed by atoms with Gasteiger partial charge in [-0.25, -0.2) is 4.98 Å². The van der Waals surface area contributed by atoms with Crippen molar-refractivity contribution >= 4 is 11.6 Å². The van der Waals surface area contributed by atoms with Crippen molar-refractivity contribution in [1.82, 2.24) is 9.97 Å². The molecule has 1 aromatic heterocycles. The van der Waals surface area contributed by atoms with Gasteiger partial charge in [0.1, 0.15) is 5.75 Å². The summed E-state index contributed by atoms with van der Waals surface area (Å²) in [5.41, 5.74) is 1.64. The number of hydrogen-bond donors (Lipinski definition) is 1. The van der Waals surface area contributed by atoms with Gasteiger partial charge in [-0.05, 0) is 37.6 Å². The summed E-state index contributed by atoms with van der Waals surface area (Å²) in [7, 11) is 1.53. The maximum absolute atomic E-state index is 12.8. The molecule has 0 atom stereocenters. The van der Waals surface area contributed by atoms with E-state index in [1.807, 2.05) is 13.0 Å². The average Bonchev–Trinajstić information content (AvgIpc) is 2.73. The smallest absolute Gasteiger partial charge is 0.416 e. The highest BCUT2D eigenvalue weighted by Gasteiger charge is 2.30. The topological polar surface area (TPSA) is 73.3 Å². The lowest BCUT2D eigenvalue weighted by atomic mass is 10.1. The Balaban J connectivity index is 1.70. The van der Waals surface area contributed by atoms with Crippen molar-refractivity contribution in [2.75, 3.05) is 19.0 Å². The molecule has 162 valence electrons. The molecule has 3 aromatic rings. The van der Waals surface area contributed by atoms with Gasteiger partial charge in [-0.3, -0.25) is 4.79 Å². The lowest BCUT2D eigenvalue weighted by Gasteiger charge is -2.12. The number of anilines is 1. The van der Waals surface area contributed by atoms with Crippen LogP contribution in [0, 0.1) is 13.8 Å². The molecule has 9 heteroatoms. The first-order valence-corrected chi connectivity index (χ1v) is 9.26. The van der Waals surface area contributed by atoms with Crippen LogP contribution >= 0.6 is 0 Å². The van der Waals surface area contributed by atoms with Crippen LogP contribution in [0.15, 0.2) is 48.5 Å². The van der Waals surface area contributed by atoms with Crippen LogP contribution in [0.25, 0.3) is 11.4 Å². The zero-order chi connectivity index (χ0) is 22.6. The molecule has 31 heavy (non-hydrogen) atoms. The van der Waals surface area contributed by atoms with Crippen molar-refractivity contribution in [1.29, 1.82) is 0 Å². The molecule has 0 fully saturated rings. The van der Waals surface area contributed by atoms with E-state index < -0.39 is 17.6 Å². The maximum Gasteiger partial charge on any atom is 0.416 e. The van der Waals surface area contributed by atoms with Crippen LogP contribution in [0.1, 0.15) is 16.8 Å². The Kier molecular flexibility index (Phi) is 6.43. The van der Waals surface area contributed by atoms with Crippen molar-refractivity contribution in [3.05, 3.63) is 65.4 Å². The second-order valence-corrected chi connectivity index (χ2v) is 6.76. The van der Waals surface area contributed by atoms with Gasteiger partial charge in [0.25, 0.3) is 5.91 Å². The van der Waals surface area contributed by atoms with E-state index in [-0.39, 0.29) is 18.3 Å². The summed E-state index contributed by atoms with van der Waals surface area (Å²) >= 11 is 0. The number of aromatic nitrogens is 2. The van der Waals surface area contributed by atoms with Gasteiger partial charge in [-0.2, -0.15) is 18.2 Å². The largest absolute Gasteiger partial charge is 0.497 e. The van der Waals surface area contributed by atoms with E-state index in [4.69, 9.17) is 9.47 Å². The highest BCUT2D eigenvalue weighted by atomic mass is 19.4. The molecular formula is C22H20F3N3O3. The third-order valence-electron chi connectivity index (χ3n) is 4.37. The van der Waals surface area contributed by atoms with Gasteiger partial charge in [-0.15, -0.1) is 0 Å². The minimum Gasteiger partial charge on any atom is -0.497 e. The number of nitrogens with zero attached hydrogens (tertiary/aromatic N) is 2. The van der Waals surface area contributed by atoms with E-state index in [9.17, 15) is 18.0 Å². The Morgan fingerprint density at radius 3 is 2.39 bits per heavy atom. The van der Waals surface area contributed by atoms with Gasteiger partial charge >= 0.3 is 6.18 Å². The maximum atomic E-state index is 12.8. The molecule has 0 aliphatic heterocycles. The molecule has 0 spiro atoms. The molecule has 1 N–H and O–H groups in total. The molecule has 1 heterocycles. The van der Waals surface area contributed by atoms with Crippen LogP contribution in [0.4, 0.5) is 18.9 Å². The van der Waals surface area contributed by atoms with Crippen molar-refractivity contribution in [3.8, 4) is 23.0 Å². The van der Waals surface area contributed by atoms with E-state index in [0.717, 1.165) is 17.7 Å². The van der Waals surface area contributed by atoms with Crippen molar-refractivity contribution in [3.63, 3.8) is 0 Å². The standard InChI is InChI=1S/C22H20F3N3O3/c1-13-4-9-17(30-3)11-18(13)27-19(29)12-31-20-10-14(2)26-21(28-20)15-5-7-16(8-6-15)22(23,24)25/h4-11H,12H2,1-3H3,(H,27,29). The van der Waals surface area contributed by atoms with Gasteiger partial charge in [0.05, 0.1) is 12.7 Å². The van der Waals surface area contributed by atoms with Gasteiger partial charge in [0, 0.05) is 29.1 Å². The number of halogens is 3. The lowest BCUT2D eigenvalue weighted by molar-refractivity contribution is -0.137. The molecule has 0 saturated carbocycles. The van der Waals surface area contributed by atoms with Crippen LogP contribution in [0.2, 0.25) is 0 Å². The summed E-state index contributed by atoms with van der Waals surface area (Å²) in [6.07, 6.45) is -4.42. The van der Waals surface area contributed by atoms with E-state index in [1.165, 1.54) is 25.3 Å². The third-order valence-corrected chi connectivity index (χ3v) is 4.37. The number of benzene rings is 2. The number of nitrogens with one attached hydrogen (secondary N) is 1. The highest BCUT2D eigenvalue weighted by molar-refractivity contribution is 5.92. The molecule has 0 saturated heterocycles. The monoisotopic (exact) mass is 431 g/mol. The zero-order valence-electron chi connectivity index (χ0n) is 17.1. The van der Waals surface area contributed by atoms with E-state index in [2.05, 4.69) is 15.3 Å². The molecule has 0 unspecified atom stereocenters. The molecule has 0 aliphatic rings. The molecule has 0 aliphatic carbocycles. The second kappa shape index (κ2) is 9.03. The first kappa shape index (κ1) is 22.1. The summed E-state index contributed by atoms with van der Waals surface area (Å²) in [6.45, 7) is 3.24. The number of hydrogen-bond acceptors (Lipinski definition) is 5. The first-order valence-electron chi connectivity index (χ1n) is 9.26. The van der Waals surface area contributed by atoms with Gasteiger partial charge in [0.2, 0.25) is 5.88 Å². The Morgan fingerprint density at radius 1 is 1.03 bits per heavy atom. The third kappa shape index (κ3) is 5.71. The SMILES string of the molecule is COc1ccc(C)c(NC(=O)COc2cc(C)nc(-c3ccc(C(F)(F)F)cc3)n2)c1. The zero-order valence-corrected chi connectivity index (χ0v) is 17.1. The number of alkyl halides is 3. The van der Waals surface area contributed by atoms with Crippen molar-refractivity contribution < 1.29 is 27.4 Å². The number of carbonyl (C=O) groups is 1. The van der Waals surface area contributed by atoms with Gasteiger partial charge < -0.3 is 14.8 Å². The lowest BCUT2D eigenvalue weighted by Crippen LogP contribution is -2.21. The van der Waals surface area contributed by atoms with Crippen molar-refractivity contribution in [2.45, 2.75) is 20.0 Å². The summed E-state index contributed by atoms with van der Waals surface area (Å²) in [5, 5.41) is 2.74. The van der Waals surface area contributed by atoms with Crippen molar-refractivity contribution in [2.24, 2.45) is 0 Å². The summed E-state index contributed by atoms with van der Waals surface area (Å²) in [5.74, 6) is 0.547. The number of carbonyl (C=O) groups excluding carboxylic acids is 1. The molecule has 0 radical (unpaired) electrons. The van der Waals surface area contributed by atoms with Crippen LogP contribution < -0.4 is 14.8 Å². The predicted octanol–water partition coefficient (Wildman–Crippen LogP) is 4.81. The summed E-state index contributed by atoms with van der Waals surface area (Å²) in [4.78, 5) is 20.7. The van der Waals surface area contributed by atoms with Crippen LogP contribution in [0.3, 0.4) is 0 Å². The molecule has 3 rings (SSSR count). The quantitative estimate of drug-likeness (QED) is 0.607. The molecule has 0 bridgehead atoms. The van der Waals surface area contributed by atoms with E-state index in [0.29, 0.717) is 22.7 Å². The molecule has 2 aromatic carbocycles. The average molecular weight is 431 g/mol. The van der Waals surface area contributed by atoms with Crippen LogP contribution in [0.5, 0.6) is 11.6 Å². The first-order chi connectivity index (χ1) is 14.7. The fourth-order valence-electron chi connectivity index (χ4n) is 2.74. The Labute approximate surface area is 177 Å². The van der Waals surface area contributed by atoms with Crippen LogP contribution in [-0.2, 0) is 11.0 Å². The Bertz CT molecular complexity index is 1080. The van der Waals surface area contributed by atoms with Gasteiger partial charge in [0.15, 0.2) is 12.4 Å². The summed E-state index contributed by atoms with van der Waals surface area (Å²) in [6, 6.07) is 11.4. The number of rotatable bonds is 6. The second-order valence-electron chi connectivity index (χ2n) is 6.76. The number of ether oxygens (including phenoxy) is 2. The number of amides is 1. The summed E-state index contributed by atoms with van der Waals surface area (Å²) < 4.78 is 48.9. The van der Waals surface area contributed by atoms with E-state index in [1.54, 1.807) is 19.1 Å². The Morgan fingerprint density at radius 2 is 1.74 bits per heavy atom. The van der Waals surface area contributed by atoms with Crippen LogP contribution in [-0.4, -0.2) is 29.6 Å². The molecule has 6 nitrogen and oxygen atoms in total. The number of methoxy groups -OCH3 is 1. The minimum atomic E-state index is -4.42. The highest BCUT2D eigenvalue weighted by Crippen LogP contribution is 2.30. The normalized spacial score (nSPS) is 11.2. The van der Waals surface area contributed by atoms with Gasteiger partial charge in [-0.1, -0.05) is 18.2 Å². The fourth-order valence-corrected chi connectivity index (χ4v) is 2.74. The fraction of sp³-hybridized carbons (Fsp3) is 0.227. The molecule has 1 amide bonds. The Hall–Kier alpha value is -3.62. The van der Waals surface area contributed by atoms with E-state index >= 15 is 0 Å². The minimum absolute atomic E-state index is 0.139.